The highest BCUT2D eigenvalue weighted by Crippen LogP contribution is 2.40. The Morgan fingerprint density at radius 2 is 1.09 bits per heavy atom. The SMILES string of the molecule is CC(/C(=C(\Br)c1ccccc1)c1ccccc1)c1ccccc1. The summed E-state index contributed by atoms with van der Waals surface area (Å²) in [5, 5.41) is 0. The van der Waals surface area contributed by atoms with Crippen LogP contribution in [0.15, 0.2) is 91.0 Å². The summed E-state index contributed by atoms with van der Waals surface area (Å²) in [5.41, 5.74) is 5.08. The van der Waals surface area contributed by atoms with Gasteiger partial charge in [-0.15, -0.1) is 0 Å². The molecule has 0 N–H and O–H groups in total. The topological polar surface area (TPSA) is 0 Å². The van der Waals surface area contributed by atoms with Crippen LogP contribution >= 0.6 is 15.9 Å². The minimum Gasteiger partial charge on any atom is -0.0622 e. The first kappa shape index (κ1) is 15.8. The molecule has 3 aromatic carbocycles. The van der Waals surface area contributed by atoms with Crippen molar-refractivity contribution < 1.29 is 0 Å². The Balaban J connectivity index is 2.15. The fourth-order valence-corrected chi connectivity index (χ4v) is 3.67. The van der Waals surface area contributed by atoms with Crippen LogP contribution in [-0.2, 0) is 0 Å². The highest BCUT2D eigenvalue weighted by molar-refractivity contribution is 9.15. The van der Waals surface area contributed by atoms with Crippen LogP contribution in [-0.4, -0.2) is 0 Å². The van der Waals surface area contributed by atoms with E-state index in [1.165, 1.54) is 22.3 Å². The molecule has 0 fully saturated rings. The van der Waals surface area contributed by atoms with E-state index in [2.05, 4.69) is 108 Å². The van der Waals surface area contributed by atoms with Crippen LogP contribution in [0, 0.1) is 0 Å². The summed E-state index contributed by atoms with van der Waals surface area (Å²) in [6.07, 6.45) is 0. The molecule has 0 nitrogen and oxygen atoms in total. The van der Waals surface area contributed by atoms with Gasteiger partial charge in [0.05, 0.1) is 0 Å². The van der Waals surface area contributed by atoms with E-state index in [4.69, 9.17) is 0 Å². The number of halogens is 1. The molecule has 0 spiro atoms. The Morgan fingerprint density at radius 1 is 0.652 bits per heavy atom. The third-order valence-corrected chi connectivity index (χ3v) is 4.97. The van der Waals surface area contributed by atoms with Crippen molar-refractivity contribution in [1.29, 1.82) is 0 Å². The molecule has 1 unspecified atom stereocenters. The molecule has 0 amide bonds. The van der Waals surface area contributed by atoms with Gasteiger partial charge in [-0.05, 0) is 38.2 Å². The normalized spacial score (nSPS) is 13.3. The molecule has 0 radical (unpaired) electrons. The molecule has 1 heteroatoms. The lowest BCUT2D eigenvalue weighted by Gasteiger charge is -2.20. The molecule has 114 valence electrons. The van der Waals surface area contributed by atoms with Crippen molar-refractivity contribution in [3.8, 4) is 0 Å². The summed E-state index contributed by atoms with van der Waals surface area (Å²) in [4.78, 5) is 0. The second kappa shape index (κ2) is 7.43. The maximum atomic E-state index is 3.87. The third kappa shape index (κ3) is 3.62. The van der Waals surface area contributed by atoms with Crippen molar-refractivity contribution in [3.05, 3.63) is 108 Å². The monoisotopic (exact) mass is 362 g/mol. The number of benzene rings is 3. The number of allylic oxidation sites excluding steroid dienone is 1. The van der Waals surface area contributed by atoms with Crippen molar-refractivity contribution in [2.45, 2.75) is 12.8 Å². The van der Waals surface area contributed by atoms with Crippen molar-refractivity contribution in [2.75, 3.05) is 0 Å². The standard InChI is InChI=1S/C22H19Br/c1-17(18-11-5-2-6-12-18)21(19-13-7-3-8-14-19)22(23)20-15-9-4-10-16-20/h2-17H,1H3/b22-21+. The van der Waals surface area contributed by atoms with Gasteiger partial charge in [-0.25, -0.2) is 0 Å². The van der Waals surface area contributed by atoms with E-state index in [9.17, 15) is 0 Å². The van der Waals surface area contributed by atoms with Crippen LogP contribution < -0.4 is 0 Å². The zero-order chi connectivity index (χ0) is 16.1. The van der Waals surface area contributed by atoms with Gasteiger partial charge in [0.25, 0.3) is 0 Å². The van der Waals surface area contributed by atoms with Gasteiger partial charge in [0, 0.05) is 10.4 Å². The van der Waals surface area contributed by atoms with Crippen molar-refractivity contribution in [3.63, 3.8) is 0 Å². The predicted octanol–water partition coefficient (Wildman–Crippen LogP) is 6.75. The minimum absolute atomic E-state index is 0.299. The van der Waals surface area contributed by atoms with Crippen LogP contribution in [0.5, 0.6) is 0 Å². The summed E-state index contributed by atoms with van der Waals surface area (Å²) < 4.78 is 1.15. The minimum atomic E-state index is 0.299. The van der Waals surface area contributed by atoms with Crippen molar-refractivity contribution >= 4 is 26.0 Å². The molecule has 1 atom stereocenters. The van der Waals surface area contributed by atoms with E-state index in [0.717, 1.165) is 4.48 Å². The molecule has 0 aromatic heterocycles. The highest BCUT2D eigenvalue weighted by Gasteiger charge is 2.17. The number of rotatable bonds is 4. The Bertz CT molecular complexity index is 774. The summed E-state index contributed by atoms with van der Waals surface area (Å²) in [7, 11) is 0. The zero-order valence-electron chi connectivity index (χ0n) is 13.1. The summed E-state index contributed by atoms with van der Waals surface area (Å²) >= 11 is 3.87. The molecule has 0 saturated carbocycles. The van der Waals surface area contributed by atoms with Gasteiger partial charge in [-0.1, -0.05) is 97.9 Å². The molecule has 0 aliphatic rings. The molecular weight excluding hydrogens is 344 g/mol. The quantitative estimate of drug-likeness (QED) is 0.450. The fourth-order valence-electron chi connectivity index (χ4n) is 2.83. The molecule has 23 heavy (non-hydrogen) atoms. The largest absolute Gasteiger partial charge is 0.0622 e. The first-order valence-corrected chi connectivity index (χ1v) is 8.62. The van der Waals surface area contributed by atoms with Gasteiger partial charge < -0.3 is 0 Å². The van der Waals surface area contributed by atoms with Crippen LogP contribution in [0.25, 0.3) is 10.1 Å². The predicted molar refractivity (Wildman–Crippen MR) is 103 cm³/mol. The van der Waals surface area contributed by atoms with Crippen LogP contribution in [0.3, 0.4) is 0 Å². The van der Waals surface area contributed by atoms with Crippen molar-refractivity contribution in [2.24, 2.45) is 0 Å². The fraction of sp³-hybridized carbons (Fsp3) is 0.0909. The Hall–Kier alpha value is -2.12. The van der Waals surface area contributed by atoms with Crippen LogP contribution in [0.4, 0.5) is 0 Å². The van der Waals surface area contributed by atoms with E-state index in [0.29, 0.717) is 5.92 Å². The summed E-state index contributed by atoms with van der Waals surface area (Å²) in [6.45, 7) is 2.27. The average Bonchev–Trinajstić information content (AvgIpc) is 2.64. The molecule has 0 saturated heterocycles. The summed E-state index contributed by atoms with van der Waals surface area (Å²) in [5.74, 6) is 0.299. The maximum Gasteiger partial charge on any atom is 0.0291 e. The van der Waals surface area contributed by atoms with Crippen LogP contribution in [0.2, 0.25) is 0 Å². The second-order valence-electron chi connectivity index (χ2n) is 5.59. The van der Waals surface area contributed by atoms with E-state index in [1.54, 1.807) is 0 Å². The van der Waals surface area contributed by atoms with Crippen LogP contribution in [0.1, 0.15) is 29.5 Å². The third-order valence-electron chi connectivity index (χ3n) is 4.08. The average molecular weight is 363 g/mol. The van der Waals surface area contributed by atoms with Gasteiger partial charge >= 0.3 is 0 Å². The molecule has 0 bridgehead atoms. The smallest absolute Gasteiger partial charge is 0.0291 e. The molecule has 3 rings (SSSR count). The molecular formula is C22H19Br. The lowest BCUT2D eigenvalue weighted by molar-refractivity contribution is 0.993. The Morgan fingerprint density at radius 3 is 1.61 bits per heavy atom. The molecule has 0 heterocycles. The Kier molecular flexibility index (Phi) is 5.09. The van der Waals surface area contributed by atoms with Gasteiger partial charge in [-0.3, -0.25) is 0 Å². The Labute approximate surface area is 146 Å². The molecule has 3 aromatic rings. The number of hydrogen-bond acceptors (Lipinski definition) is 0. The highest BCUT2D eigenvalue weighted by atomic mass is 79.9. The zero-order valence-corrected chi connectivity index (χ0v) is 14.7. The lowest BCUT2D eigenvalue weighted by Crippen LogP contribution is -1.99. The molecule has 0 aliphatic heterocycles. The van der Waals surface area contributed by atoms with E-state index in [-0.39, 0.29) is 0 Å². The first-order chi connectivity index (χ1) is 11.3. The maximum absolute atomic E-state index is 3.87. The van der Waals surface area contributed by atoms with Gasteiger partial charge in [-0.2, -0.15) is 0 Å². The van der Waals surface area contributed by atoms with E-state index >= 15 is 0 Å². The second-order valence-corrected chi connectivity index (χ2v) is 6.39. The summed E-state index contributed by atoms with van der Waals surface area (Å²) in [6, 6.07) is 31.8. The van der Waals surface area contributed by atoms with E-state index in [1.807, 2.05) is 6.07 Å². The van der Waals surface area contributed by atoms with E-state index < -0.39 is 0 Å². The van der Waals surface area contributed by atoms with Crippen molar-refractivity contribution in [1.82, 2.24) is 0 Å². The lowest BCUT2D eigenvalue weighted by atomic mass is 9.87. The van der Waals surface area contributed by atoms with Gasteiger partial charge in [0.2, 0.25) is 0 Å². The van der Waals surface area contributed by atoms with Gasteiger partial charge in [0.1, 0.15) is 0 Å². The van der Waals surface area contributed by atoms with Gasteiger partial charge in [0.15, 0.2) is 0 Å². The first-order valence-electron chi connectivity index (χ1n) is 7.83. The number of hydrogen-bond donors (Lipinski definition) is 0. The molecule has 0 aliphatic carbocycles.